The number of rotatable bonds is 10. The van der Waals surface area contributed by atoms with Crippen molar-refractivity contribution in [1.29, 1.82) is 0 Å². The summed E-state index contributed by atoms with van der Waals surface area (Å²) in [5.74, 6) is 0.782. The molecule has 0 aliphatic carbocycles. The van der Waals surface area contributed by atoms with Crippen LogP contribution in [0.5, 0.6) is 5.75 Å². The van der Waals surface area contributed by atoms with Crippen LogP contribution in [0.3, 0.4) is 0 Å². The average Bonchev–Trinajstić information content (AvgIpc) is 3.24. The average molecular weight is 453 g/mol. The number of benzene rings is 2. The number of hydrogen-bond acceptors (Lipinski definition) is 7. The first kappa shape index (κ1) is 23.9. The van der Waals surface area contributed by atoms with E-state index in [0.717, 1.165) is 29.9 Å². The van der Waals surface area contributed by atoms with E-state index in [1.54, 1.807) is 18.2 Å². The van der Waals surface area contributed by atoms with Gasteiger partial charge in [-0.15, -0.1) is 0 Å². The molecule has 0 bridgehead atoms. The van der Waals surface area contributed by atoms with Crippen LogP contribution in [0.15, 0.2) is 42.5 Å². The molecule has 1 saturated heterocycles. The second-order valence-electron chi connectivity index (χ2n) is 7.71. The molecule has 1 aliphatic heterocycles. The van der Waals surface area contributed by atoms with Crippen LogP contribution in [0, 0.1) is 0 Å². The van der Waals surface area contributed by atoms with Gasteiger partial charge in [-0.3, -0.25) is 0 Å². The van der Waals surface area contributed by atoms with Gasteiger partial charge in [-0.05, 0) is 48.2 Å². The molecule has 0 radical (unpaired) electrons. The summed E-state index contributed by atoms with van der Waals surface area (Å²) < 4.78 is 16.8. The van der Waals surface area contributed by atoms with Gasteiger partial charge in [-0.25, -0.2) is 0 Å². The van der Waals surface area contributed by atoms with Gasteiger partial charge < -0.3 is 34.6 Å². The van der Waals surface area contributed by atoms with Gasteiger partial charge in [0.1, 0.15) is 24.1 Å². The van der Waals surface area contributed by atoms with Gasteiger partial charge in [0.2, 0.25) is 0 Å². The van der Waals surface area contributed by atoms with Crippen molar-refractivity contribution in [3.63, 3.8) is 0 Å². The van der Waals surface area contributed by atoms with Crippen LogP contribution < -0.4 is 4.74 Å². The van der Waals surface area contributed by atoms with Crippen LogP contribution in [-0.4, -0.2) is 64.8 Å². The highest BCUT2D eigenvalue weighted by molar-refractivity contribution is 6.31. The molecule has 1 fully saturated rings. The standard InChI is InChI=1S/C23H29ClO7/c1-14(26)21(12-25)31-22(23(27)28)16-4-7-20(24)17(11-16)10-15-2-5-18(6-3-15)30-19-8-9-29-13-19/h2-7,11,14,19,21-23,25-28H,8-10,12-13H2,1H3. The third-order valence-electron chi connectivity index (χ3n) is 5.22. The fourth-order valence-corrected chi connectivity index (χ4v) is 3.61. The molecular formula is C23H29ClO7. The third-order valence-corrected chi connectivity index (χ3v) is 5.59. The van der Waals surface area contributed by atoms with Gasteiger partial charge in [0.05, 0.1) is 25.9 Å². The SMILES string of the molecule is CC(O)C(CO)OC(c1ccc(Cl)c(Cc2ccc(OC3CCOC3)cc2)c1)C(O)O. The lowest BCUT2D eigenvalue weighted by molar-refractivity contribution is -0.188. The van der Waals surface area contributed by atoms with Crippen molar-refractivity contribution in [3.05, 3.63) is 64.2 Å². The number of hydrogen-bond donors (Lipinski definition) is 4. The Morgan fingerprint density at radius 3 is 2.45 bits per heavy atom. The van der Waals surface area contributed by atoms with E-state index in [0.29, 0.717) is 23.6 Å². The van der Waals surface area contributed by atoms with Crippen molar-refractivity contribution in [2.45, 2.75) is 50.5 Å². The predicted octanol–water partition coefficient (Wildman–Crippen LogP) is 2.21. The lowest BCUT2D eigenvalue weighted by Gasteiger charge is -2.27. The Bertz CT molecular complexity index is 819. The molecule has 2 aromatic carbocycles. The van der Waals surface area contributed by atoms with E-state index in [9.17, 15) is 20.4 Å². The molecule has 4 N–H and O–H groups in total. The molecule has 1 aliphatic rings. The Morgan fingerprint density at radius 2 is 1.87 bits per heavy atom. The van der Waals surface area contributed by atoms with Crippen LogP contribution in [0.4, 0.5) is 0 Å². The minimum atomic E-state index is -1.84. The van der Waals surface area contributed by atoms with E-state index in [2.05, 4.69) is 0 Å². The first-order valence-corrected chi connectivity index (χ1v) is 10.7. The van der Waals surface area contributed by atoms with Crippen LogP contribution >= 0.6 is 11.6 Å². The smallest absolute Gasteiger partial charge is 0.182 e. The van der Waals surface area contributed by atoms with Crippen molar-refractivity contribution in [2.75, 3.05) is 19.8 Å². The molecular weight excluding hydrogens is 424 g/mol. The Balaban J connectivity index is 1.73. The molecule has 170 valence electrons. The Kier molecular flexibility index (Phi) is 8.68. The van der Waals surface area contributed by atoms with Gasteiger partial charge in [0.15, 0.2) is 6.29 Å². The third kappa shape index (κ3) is 6.63. The monoisotopic (exact) mass is 452 g/mol. The highest BCUT2D eigenvalue weighted by Gasteiger charge is 2.27. The summed E-state index contributed by atoms with van der Waals surface area (Å²) in [7, 11) is 0. The zero-order valence-electron chi connectivity index (χ0n) is 17.4. The van der Waals surface area contributed by atoms with Gasteiger partial charge in [0, 0.05) is 11.4 Å². The Labute approximate surface area is 186 Å². The first-order valence-electron chi connectivity index (χ1n) is 10.3. The molecule has 0 amide bonds. The minimum absolute atomic E-state index is 0.0863. The van der Waals surface area contributed by atoms with Crippen LogP contribution in [0.1, 0.15) is 36.1 Å². The molecule has 3 rings (SSSR count). The lowest BCUT2D eigenvalue weighted by atomic mass is 9.99. The molecule has 0 aromatic heterocycles. The molecule has 1 heterocycles. The van der Waals surface area contributed by atoms with Gasteiger partial charge in [-0.1, -0.05) is 35.9 Å². The van der Waals surface area contributed by atoms with Crippen LogP contribution in [0.25, 0.3) is 0 Å². The lowest BCUT2D eigenvalue weighted by Crippen LogP contribution is -2.35. The number of ether oxygens (including phenoxy) is 3. The van der Waals surface area contributed by atoms with E-state index < -0.39 is 31.2 Å². The zero-order valence-corrected chi connectivity index (χ0v) is 18.1. The van der Waals surface area contributed by atoms with E-state index in [4.69, 9.17) is 25.8 Å². The summed E-state index contributed by atoms with van der Waals surface area (Å²) in [4.78, 5) is 0. The summed E-state index contributed by atoms with van der Waals surface area (Å²) in [6.07, 6.45) is -3.42. The normalized spacial score (nSPS) is 19.4. The number of aliphatic hydroxyl groups is 4. The minimum Gasteiger partial charge on any atom is -0.488 e. The molecule has 31 heavy (non-hydrogen) atoms. The van der Waals surface area contributed by atoms with Crippen molar-refractivity contribution in [2.24, 2.45) is 0 Å². The summed E-state index contributed by atoms with van der Waals surface area (Å²) >= 11 is 6.37. The maximum absolute atomic E-state index is 9.80. The van der Waals surface area contributed by atoms with E-state index in [1.807, 2.05) is 24.3 Å². The van der Waals surface area contributed by atoms with Gasteiger partial charge in [0.25, 0.3) is 0 Å². The van der Waals surface area contributed by atoms with E-state index >= 15 is 0 Å². The second kappa shape index (κ2) is 11.2. The first-order chi connectivity index (χ1) is 14.9. The van der Waals surface area contributed by atoms with Gasteiger partial charge in [-0.2, -0.15) is 0 Å². The fraction of sp³-hybridized carbons (Fsp3) is 0.478. The summed E-state index contributed by atoms with van der Waals surface area (Å²) in [5.41, 5.74) is 2.27. The highest BCUT2D eigenvalue weighted by atomic mass is 35.5. The fourth-order valence-electron chi connectivity index (χ4n) is 3.43. The van der Waals surface area contributed by atoms with E-state index in [1.165, 1.54) is 6.92 Å². The zero-order chi connectivity index (χ0) is 22.4. The van der Waals surface area contributed by atoms with Crippen molar-refractivity contribution in [3.8, 4) is 5.75 Å². The molecule has 4 atom stereocenters. The van der Waals surface area contributed by atoms with E-state index in [-0.39, 0.29) is 6.10 Å². The molecule has 8 heteroatoms. The molecule has 4 unspecified atom stereocenters. The summed E-state index contributed by atoms with van der Waals surface area (Å²) in [6.45, 7) is 2.34. The largest absolute Gasteiger partial charge is 0.488 e. The Hall–Kier alpha value is -1.71. The number of aliphatic hydroxyl groups excluding tert-OH is 3. The topological polar surface area (TPSA) is 109 Å². The maximum Gasteiger partial charge on any atom is 0.182 e. The van der Waals surface area contributed by atoms with Crippen molar-refractivity contribution >= 4 is 11.6 Å². The molecule has 0 saturated carbocycles. The number of halogens is 1. The molecule has 7 nitrogen and oxygen atoms in total. The van der Waals surface area contributed by atoms with Crippen molar-refractivity contribution in [1.82, 2.24) is 0 Å². The van der Waals surface area contributed by atoms with Crippen molar-refractivity contribution < 1.29 is 34.6 Å². The summed E-state index contributed by atoms with van der Waals surface area (Å²) in [5, 5.41) is 39.2. The van der Waals surface area contributed by atoms with Crippen LogP contribution in [-0.2, 0) is 15.9 Å². The Morgan fingerprint density at radius 1 is 1.13 bits per heavy atom. The molecule has 0 spiro atoms. The predicted molar refractivity (Wildman–Crippen MR) is 115 cm³/mol. The summed E-state index contributed by atoms with van der Waals surface area (Å²) in [6, 6.07) is 12.8. The highest BCUT2D eigenvalue weighted by Crippen LogP contribution is 2.29. The maximum atomic E-state index is 9.80. The van der Waals surface area contributed by atoms with Gasteiger partial charge >= 0.3 is 0 Å². The quantitative estimate of drug-likeness (QED) is 0.409. The van der Waals surface area contributed by atoms with Crippen LogP contribution in [0.2, 0.25) is 5.02 Å². The second-order valence-corrected chi connectivity index (χ2v) is 8.11. The molecule has 2 aromatic rings.